The second kappa shape index (κ2) is 6.34. The number of benzene rings is 2. The molecule has 4 aromatic rings. The van der Waals surface area contributed by atoms with Gasteiger partial charge in [0.05, 0.1) is 22.6 Å². The van der Waals surface area contributed by atoms with Crippen LogP contribution in [0.5, 0.6) is 0 Å². The maximum Gasteiger partial charge on any atom is 0.255 e. The average molecular weight is 372 g/mol. The third-order valence-corrected chi connectivity index (χ3v) is 5.61. The van der Waals surface area contributed by atoms with Gasteiger partial charge in [-0.1, -0.05) is 30.3 Å². The first-order valence-electron chi connectivity index (χ1n) is 9.48. The van der Waals surface area contributed by atoms with Crippen LogP contribution in [-0.4, -0.2) is 31.9 Å². The molecule has 0 spiro atoms. The molecule has 1 amide bonds. The molecule has 0 radical (unpaired) electrons. The van der Waals surface area contributed by atoms with Gasteiger partial charge in [0, 0.05) is 30.6 Å². The number of aryl methyl sites for hydroxylation is 1. The van der Waals surface area contributed by atoms with Gasteiger partial charge in [0.15, 0.2) is 0 Å². The molecule has 140 valence electrons. The first-order chi connectivity index (χ1) is 13.6. The zero-order chi connectivity index (χ0) is 19.3. The van der Waals surface area contributed by atoms with E-state index in [2.05, 4.69) is 9.55 Å². The Labute approximate surface area is 161 Å². The molecule has 28 heavy (non-hydrogen) atoms. The van der Waals surface area contributed by atoms with Crippen molar-refractivity contribution in [2.75, 3.05) is 6.54 Å². The summed E-state index contributed by atoms with van der Waals surface area (Å²) in [6.45, 7) is 0.661. The van der Waals surface area contributed by atoms with Crippen LogP contribution in [-0.2, 0) is 7.05 Å². The molecule has 2 aromatic carbocycles. The highest BCUT2D eigenvalue weighted by atomic mass is 16.2. The molecular weight excluding hydrogens is 352 g/mol. The third-order valence-electron chi connectivity index (χ3n) is 5.61. The summed E-state index contributed by atoms with van der Waals surface area (Å²) in [5, 5.41) is 0.766. The van der Waals surface area contributed by atoms with E-state index < -0.39 is 0 Å². The van der Waals surface area contributed by atoms with E-state index in [1.807, 2.05) is 60.5 Å². The van der Waals surface area contributed by atoms with Crippen LogP contribution in [0, 0.1) is 0 Å². The maximum absolute atomic E-state index is 13.5. The van der Waals surface area contributed by atoms with Crippen LogP contribution in [0.2, 0.25) is 0 Å². The molecule has 2 aromatic heterocycles. The number of rotatable bonds is 2. The Kier molecular flexibility index (Phi) is 3.79. The van der Waals surface area contributed by atoms with Gasteiger partial charge in [0.1, 0.15) is 5.82 Å². The summed E-state index contributed by atoms with van der Waals surface area (Å²) < 4.78 is 2.07. The van der Waals surface area contributed by atoms with Gasteiger partial charge in [0.2, 0.25) is 5.56 Å². The number of amides is 1. The summed E-state index contributed by atoms with van der Waals surface area (Å²) in [7, 11) is 1.99. The van der Waals surface area contributed by atoms with Gasteiger partial charge in [-0.3, -0.25) is 9.59 Å². The summed E-state index contributed by atoms with van der Waals surface area (Å²) in [6, 6.07) is 16.7. The predicted octanol–water partition coefficient (Wildman–Crippen LogP) is 3.39. The fourth-order valence-electron chi connectivity index (χ4n) is 4.28. The number of likely N-dealkylation sites (tertiary alicyclic amines) is 1. The number of aromatic amines is 1. The van der Waals surface area contributed by atoms with Crippen LogP contribution in [0.15, 0.2) is 59.4 Å². The highest BCUT2D eigenvalue weighted by Gasteiger charge is 2.34. The number of hydrogen-bond acceptors (Lipinski definition) is 3. The molecule has 5 rings (SSSR count). The minimum Gasteiger partial charge on any atom is -0.329 e. The number of pyridine rings is 1. The van der Waals surface area contributed by atoms with E-state index in [0.717, 1.165) is 35.1 Å². The summed E-state index contributed by atoms with van der Waals surface area (Å²) in [5.74, 6) is 0.776. The lowest BCUT2D eigenvalue weighted by Crippen LogP contribution is -2.32. The second-order valence-corrected chi connectivity index (χ2v) is 7.27. The molecule has 1 saturated heterocycles. The molecule has 1 aliphatic heterocycles. The quantitative estimate of drug-likeness (QED) is 0.586. The highest BCUT2D eigenvalue weighted by molar-refractivity contribution is 6.06. The molecule has 6 heteroatoms. The van der Waals surface area contributed by atoms with Crippen LogP contribution >= 0.6 is 0 Å². The van der Waals surface area contributed by atoms with E-state index in [1.165, 1.54) is 6.07 Å². The van der Waals surface area contributed by atoms with Crippen LogP contribution in [0.1, 0.15) is 35.1 Å². The average Bonchev–Trinajstić information content (AvgIpc) is 3.31. The molecular formula is C22H20N4O2. The molecule has 1 atom stereocenters. The molecule has 1 unspecified atom stereocenters. The SMILES string of the molecule is Cn1c(C2CCCN2C(=O)c2cc(=O)[nH]c3ccccc23)nc2ccccc21. The van der Waals surface area contributed by atoms with Crippen molar-refractivity contribution in [3.8, 4) is 0 Å². The Balaban J connectivity index is 1.60. The molecule has 6 nitrogen and oxygen atoms in total. The summed E-state index contributed by atoms with van der Waals surface area (Å²) in [5.41, 5.74) is 2.85. The smallest absolute Gasteiger partial charge is 0.255 e. The van der Waals surface area contributed by atoms with Crippen molar-refractivity contribution >= 4 is 27.8 Å². The number of carbonyl (C=O) groups is 1. The van der Waals surface area contributed by atoms with E-state index in [1.54, 1.807) is 0 Å². The van der Waals surface area contributed by atoms with E-state index in [4.69, 9.17) is 4.98 Å². The summed E-state index contributed by atoms with van der Waals surface area (Å²) in [6.07, 6.45) is 1.78. The fraction of sp³-hybridized carbons (Fsp3) is 0.227. The molecule has 1 aliphatic rings. The van der Waals surface area contributed by atoms with Gasteiger partial charge in [-0.25, -0.2) is 4.98 Å². The molecule has 1 fully saturated rings. The van der Waals surface area contributed by atoms with Gasteiger partial charge in [-0.15, -0.1) is 0 Å². The van der Waals surface area contributed by atoms with E-state index in [0.29, 0.717) is 17.6 Å². The topological polar surface area (TPSA) is 71.0 Å². The van der Waals surface area contributed by atoms with Gasteiger partial charge in [-0.05, 0) is 31.0 Å². The number of aromatic nitrogens is 3. The zero-order valence-corrected chi connectivity index (χ0v) is 15.6. The van der Waals surface area contributed by atoms with Crippen LogP contribution in [0.25, 0.3) is 21.9 Å². The monoisotopic (exact) mass is 372 g/mol. The second-order valence-electron chi connectivity index (χ2n) is 7.27. The van der Waals surface area contributed by atoms with Gasteiger partial charge in [0.25, 0.3) is 5.91 Å². The first kappa shape index (κ1) is 16.7. The Morgan fingerprint density at radius 1 is 1.14 bits per heavy atom. The number of nitrogens with one attached hydrogen (secondary N) is 1. The van der Waals surface area contributed by atoms with Crippen molar-refractivity contribution in [3.05, 3.63) is 76.3 Å². The maximum atomic E-state index is 13.5. The lowest BCUT2D eigenvalue weighted by atomic mass is 10.1. The summed E-state index contributed by atoms with van der Waals surface area (Å²) in [4.78, 5) is 35.0. The number of H-pyrrole nitrogens is 1. The molecule has 0 bridgehead atoms. The minimum atomic E-state index is -0.263. The van der Waals surface area contributed by atoms with Gasteiger partial charge < -0.3 is 14.5 Å². The molecule has 1 N–H and O–H groups in total. The van der Waals surface area contributed by atoms with Crippen molar-refractivity contribution in [3.63, 3.8) is 0 Å². The lowest BCUT2D eigenvalue weighted by molar-refractivity contribution is 0.0730. The number of fused-ring (bicyclic) bond motifs is 2. The number of imidazole rings is 1. The van der Waals surface area contributed by atoms with Crippen LogP contribution < -0.4 is 5.56 Å². The van der Waals surface area contributed by atoms with Crippen molar-refractivity contribution in [2.45, 2.75) is 18.9 Å². The van der Waals surface area contributed by atoms with Gasteiger partial charge >= 0.3 is 0 Å². The molecule has 0 aliphatic carbocycles. The Bertz CT molecular complexity index is 1270. The number of carbonyl (C=O) groups excluding carboxylic acids is 1. The Hall–Kier alpha value is -3.41. The van der Waals surface area contributed by atoms with Crippen molar-refractivity contribution in [1.82, 2.24) is 19.4 Å². The van der Waals surface area contributed by atoms with E-state index >= 15 is 0 Å². The normalized spacial score (nSPS) is 16.9. The third kappa shape index (κ3) is 2.52. The van der Waals surface area contributed by atoms with Gasteiger partial charge in [-0.2, -0.15) is 0 Å². The lowest BCUT2D eigenvalue weighted by Gasteiger charge is -2.25. The number of hydrogen-bond donors (Lipinski definition) is 1. The minimum absolute atomic E-state index is 0.0945. The zero-order valence-electron chi connectivity index (χ0n) is 15.6. The number of para-hydroxylation sites is 3. The predicted molar refractivity (Wildman–Crippen MR) is 108 cm³/mol. The van der Waals surface area contributed by atoms with E-state index in [-0.39, 0.29) is 17.5 Å². The standard InChI is InChI=1S/C22H20N4O2/c1-25-18-10-5-4-9-17(18)24-21(25)19-11-6-12-26(19)22(28)15-13-20(27)23-16-8-3-2-7-14(15)16/h2-5,7-10,13,19H,6,11-12H2,1H3,(H,23,27). The highest BCUT2D eigenvalue weighted by Crippen LogP contribution is 2.34. The first-order valence-corrected chi connectivity index (χ1v) is 9.48. The summed E-state index contributed by atoms with van der Waals surface area (Å²) >= 11 is 0. The largest absolute Gasteiger partial charge is 0.329 e. The van der Waals surface area contributed by atoms with Crippen LogP contribution in [0.3, 0.4) is 0 Å². The van der Waals surface area contributed by atoms with Crippen molar-refractivity contribution in [1.29, 1.82) is 0 Å². The Morgan fingerprint density at radius 3 is 2.79 bits per heavy atom. The van der Waals surface area contributed by atoms with E-state index in [9.17, 15) is 9.59 Å². The van der Waals surface area contributed by atoms with Crippen LogP contribution in [0.4, 0.5) is 0 Å². The molecule has 0 saturated carbocycles. The van der Waals surface area contributed by atoms with Crippen molar-refractivity contribution < 1.29 is 4.79 Å². The van der Waals surface area contributed by atoms with Crippen molar-refractivity contribution in [2.24, 2.45) is 7.05 Å². The fourth-order valence-corrected chi connectivity index (χ4v) is 4.28. The molecule has 3 heterocycles. The number of nitrogens with zero attached hydrogens (tertiary/aromatic N) is 3. The Morgan fingerprint density at radius 2 is 1.93 bits per heavy atom.